The van der Waals surface area contributed by atoms with E-state index in [4.69, 9.17) is 14.0 Å². The van der Waals surface area contributed by atoms with Crippen LogP contribution in [0.5, 0.6) is 0 Å². The standard InChI is InChI=1S/C18H23N3O4/c1-3-13-4-6-14(7-5-13)18-19-16(25-20-18)12-21-8-9-24-15(11-21)10-17(22)23-2/h4-7,15H,3,8-12H2,1-2H3/t15-/m0/s1. The third kappa shape index (κ3) is 4.64. The Morgan fingerprint density at radius 3 is 2.88 bits per heavy atom. The van der Waals surface area contributed by atoms with Gasteiger partial charge < -0.3 is 14.0 Å². The second-order valence-corrected chi connectivity index (χ2v) is 6.07. The third-order valence-corrected chi connectivity index (χ3v) is 4.29. The summed E-state index contributed by atoms with van der Waals surface area (Å²) in [5.74, 6) is 0.896. The molecule has 1 aliphatic heterocycles. The molecule has 2 aromatic rings. The van der Waals surface area contributed by atoms with Gasteiger partial charge in [-0.25, -0.2) is 0 Å². The highest BCUT2D eigenvalue weighted by Gasteiger charge is 2.24. The SMILES string of the molecule is CCc1ccc(-c2noc(CN3CCO[C@@H](CC(=O)OC)C3)n2)cc1. The number of hydrogen-bond donors (Lipinski definition) is 0. The van der Waals surface area contributed by atoms with Gasteiger partial charge in [0.25, 0.3) is 0 Å². The van der Waals surface area contributed by atoms with Crippen LogP contribution in [0.15, 0.2) is 28.8 Å². The Labute approximate surface area is 146 Å². The molecule has 134 valence electrons. The minimum absolute atomic E-state index is 0.162. The quantitative estimate of drug-likeness (QED) is 0.742. The molecular weight excluding hydrogens is 322 g/mol. The van der Waals surface area contributed by atoms with Crippen LogP contribution in [0.3, 0.4) is 0 Å². The molecule has 7 nitrogen and oxygen atoms in total. The van der Waals surface area contributed by atoms with Crippen molar-refractivity contribution >= 4 is 5.97 Å². The largest absolute Gasteiger partial charge is 0.469 e. The molecule has 3 rings (SSSR count). The summed E-state index contributed by atoms with van der Waals surface area (Å²) in [5.41, 5.74) is 2.22. The van der Waals surface area contributed by atoms with E-state index in [1.54, 1.807) is 0 Å². The minimum atomic E-state index is -0.262. The Morgan fingerprint density at radius 2 is 2.16 bits per heavy atom. The number of rotatable bonds is 6. The van der Waals surface area contributed by atoms with Gasteiger partial charge in [-0.15, -0.1) is 0 Å². The molecule has 0 bridgehead atoms. The number of morpholine rings is 1. The van der Waals surface area contributed by atoms with Gasteiger partial charge in [0.2, 0.25) is 11.7 Å². The van der Waals surface area contributed by atoms with Crippen molar-refractivity contribution in [2.24, 2.45) is 0 Å². The lowest BCUT2D eigenvalue weighted by molar-refractivity contribution is -0.145. The fourth-order valence-corrected chi connectivity index (χ4v) is 2.83. The van der Waals surface area contributed by atoms with Gasteiger partial charge in [-0.3, -0.25) is 9.69 Å². The van der Waals surface area contributed by atoms with Gasteiger partial charge in [-0.2, -0.15) is 4.98 Å². The molecule has 2 heterocycles. The number of esters is 1. The van der Waals surface area contributed by atoms with Crippen LogP contribution in [-0.4, -0.2) is 53.9 Å². The number of methoxy groups -OCH3 is 1. The first-order valence-corrected chi connectivity index (χ1v) is 8.50. The Morgan fingerprint density at radius 1 is 1.36 bits per heavy atom. The molecule has 0 unspecified atom stereocenters. The molecule has 0 spiro atoms. The molecule has 0 radical (unpaired) electrons. The number of hydrogen-bond acceptors (Lipinski definition) is 7. The highest BCUT2D eigenvalue weighted by molar-refractivity contribution is 5.69. The van der Waals surface area contributed by atoms with E-state index in [0.717, 1.165) is 18.5 Å². The number of nitrogens with zero attached hydrogens (tertiary/aromatic N) is 3. The van der Waals surface area contributed by atoms with Crippen molar-refractivity contribution in [2.45, 2.75) is 32.4 Å². The predicted octanol–water partition coefficient (Wildman–Crippen LogP) is 2.06. The van der Waals surface area contributed by atoms with Gasteiger partial charge in [-0.05, 0) is 12.0 Å². The lowest BCUT2D eigenvalue weighted by Crippen LogP contribution is -2.42. The van der Waals surface area contributed by atoms with Gasteiger partial charge in [0, 0.05) is 18.7 Å². The van der Waals surface area contributed by atoms with Gasteiger partial charge in [0.15, 0.2) is 0 Å². The lowest BCUT2D eigenvalue weighted by atomic mass is 10.1. The zero-order valence-electron chi connectivity index (χ0n) is 14.6. The maximum absolute atomic E-state index is 11.4. The Balaban J connectivity index is 1.59. The molecule has 0 aliphatic carbocycles. The molecule has 0 saturated carbocycles. The summed E-state index contributed by atoms with van der Waals surface area (Å²) in [5, 5.41) is 4.07. The molecule has 1 fully saturated rings. The van der Waals surface area contributed by atoms with E-state index in [1.807, 2.05) is 12.1 Å². The van der Waals surface area contributed by atoms with Gasteiger partial charge in [-0.1, -0.05) is 36.3 Å². The average Bonchev–Trinajstić information content (AvgIpc) is 3.10. The van der Waals surface area contributed by atoms with Crippen LogP contribution in [0, 0.1) is 0 Å². The highest BCUT2D eigenvalue weighted by atomic mass is 16.5. The summed E-state index contributed by atoms with van der Waals surface area (Å²) < 4.78 is 15.7. The van der Waals surface area contributed by atoms with Crippen molar-refractivity contribution in [3.63, 3.8) is 0 Å². The molecule has 1 aromatic carbocycles. The molecule has 1 aliphatic rings. The molecule has 25 heavy (non-hydrogen) atoms. The number of carbonyl (C=O) groups is 1. The number of aromatic nitrogens is 2. The van der Waals surface area contributed by atoms with Crippen LogP contribution in [-0.2, 0) is 27.2 Å². The van der Waals surface area contributed by atoms with Gasteiger partial charge in [0.1, 0.15) is 0 Å². The number of carbonyl (C=O) groups excluding carboxylic acids is 1. The van der Waals surface area contributed by atoms with Crippen molar-refractivity contribution in [3.05, 3.63) is 35.7 Å². The summed E-state index contributed by atoms with van der Waals surface area (Å²) in [4.78, 5) is 18.0. The van der Waals surface area contributed by atoms with E-state index >= 15 is 0 Å². The van der Waals surface area contributed by atoms with Crippen molar-refractivity contribution < 1.29 is 18.8 Å². The fourth-order valence-electron chi connectivity index (χ4n) is 2.83. The molecular formula is C18H23N3O4. The summed E-state index contributed by atoms with van der Waals surface area (Å²) in [6.45, 7) is 4.64. The average molecular weight is 345 g/mol. The molecule has 0 N–H and O–H groups in total. The first kappa shape index (κ1) is 17.6. The zero-order chi connectivity index (χ0) is 17.6. The third-order valence-electron chi connectivity index (χ3n) is 4.29. The fraction of sp³-hybridized carbons (Fsp3) is 0.500. The van der Waals surface area contributed by atoms with E-state index in [1.165, 1.54) is 12.7 Å². The van der Waals surface area contributed by atoms with Crippen molar-refractivity contribution in [2.75, 3.05) is 26.8 Å². The Kier molecular flexibility index (Phi) is 5.78. The normalized spacial score (nSPS) is 18.2. The second-order valence-electron chi connectivity index (χ2n) is 6.07. The summed E-state index contributed by atoms with van der Waals surface area (Å²) >= 11 is 0. The van der Waals surface area contributed by atoms with Crippen LogP contribution in [0.1, 0.15) is 24.8 Å². The number of ether oxygens (including phenoxy) is 2. The van der Waals surface area contributed by atoms with Crippen LogP contribution in [0.25, 0.3) is 11.4 Å². The van der Waals surface area contributed by atoms with Crippen molar-refractivity contribution in [3.8, 4) is 11.4 Å². The minimum Gasteiger partial charge on any atom is -0.469 e. The maximum atomic E-state index is 11.4. The van der Waals surface area contributed by atoms with Crippen LogP contribution >= 0.6 is 0 Å². The van der Waals surface area contributed by atoms with E-state index in [2.05, 4.69) is 34.1 Å². The number of benzene rings is 1. The van der Waals surface area contributed by atoms with Crippen LogP contribution in [0.4, 0.5) is 0 Å². The molecule has 7 heteroatoms. The summed E-state index contributed by atoms with van der Waals surface area (Å²) in [7, 11) is 1.38. The van der Waals surface area contributed by atoms with E-state index in [0.29, 0.717) is 31.4 Å². The maximum Gasteiger partial charge on any atom is 0.308 e. The first-order chi connectivity index (χ1) is 12.2. The topological polar surface area (TPSA) is 77.7 Å². The molecule has 0 amide bonds. The summed E-state index contributed by atoms with van der Waals surface area (Å²) in [6, 6.07) is 8.17. The Bertz CT molecular complexity index is 699. The smallest absolute Gasteiger partial charge is 0.308 e. The van der Waals surface area contributed by atoms with Gasteiger partial charge >= 0.3 is 5.97 Å². The van der Waals surface area contributed by atoms with E-state index in [-0.39, 0.29) is 18.5 Å². The lowest BCUT2D eigenvalue weighted by Gasteiger charge is -2.31. The van der Waals surface area contributed by atoms with Crippen molar-refractivity contribution in [1.82, 2.24) is 15.0 Å². The predicted molar refractivity (Wildman–Crippen MR) is 90.8 cm³/mol. The first-order valence-electron chi connectivity index (χ1n) is 8.50. The van der Waals surface area contributed by atoms with Gasteiger partial charge in [0.05, 0.1) is 32.8 Å². The monoisotopic (exact) mass is 345 g/mol. The summed E-state index contributed by atoms with van der Waals surface area (Å²) in [6.07, 6.45) is 1.10. The second kappa shape index (κ2) is 8.22. The van der Waals surface area contributed by atoms with Crippen LogP contribution in [0.2, 0.25) is 0 Å². The highest BCUT2D eigenvalue weighted by Crippen LogP contribution is 2.18. The number of aryl methyl sites for hydroxylation is 1. The molecule has 1 saturated heterocycles. The molecule has 1 atom stereocenters. The van der Waals surface area contributed by atoms with E-state index in [9.17, 15) is 4.79 Å². The van der Waals surface area contributed by atoms with E-state index < -0.39 is 0 Å². The van der Waals surface area contributed by atoms with Crippen molar-refractivity contribution in [1.29, 1.82) is 0 Å². The Hall–Kier alpha value is -2.25. The molecule has 1 aromatic heterocycles. The zero-order valence-corrected chi connectivity index (χ0v) is 14.6. The van der Waals surface area contributed by atoms with Crippen LogP contribution < -0.4 is 0 Å².